The molecule has 7 atom stereocenters. The van der Waals surface area contributed by atoms with Crippen LogP contribution in [0.2, 0.25) is 0 Å². The summed E-state index contributed by atoms with van der Waals surface area (Å²) in [7, 11) is 0. The Labute approximate surface area is 201 Å². The second-order valence-electron chi connectivity index (χ2n) is 11.7. The Hall–Kier alpha value is -2.40. The van der Waals surface area contributed by atoms with Crippen LogP contribution in [0.3, 0.4) is 0 Å². The SMILES string of the molecule is C=C1CC23CCC4C(C)(C(=O)O)C(OC(=O)/C=C/c5ccccc5)CCC4(C)C2(O)CCC1C3. The van der Waals surface area contributed by atoms with E-state index >= 15 is 0 Å². The molecule has 2 bridgehead atoms. The highest BCUT2D eigenvalue weighted by Gasteiger charge is 2.74. The number of allylic oxidation sites excluding steroid dienone is 1. The van der Waals surface area contributed by atoms with Gasteiger partial charge in [-0.25, -0.2) is 4.79 Å². The molecule has 0 aromatic heterocycles. The Bertz CT molecular complexity index is 1050. The van der Waals surface area contributed by atoms with Crippen LogP contribution < -0.4 is 0 Å². The number of hydrogen-bond acceptors (Lipinski definition) is 4. The molecule has 0 amide bonds. The number of esters is 1. The number of hydrogen-bond donors (Lipinski definition) is 2. The minimum atomic E-state index is -1.26. The minimum Gasteiger partial charge on any atom is -0.481 e. The molecule has 1 spiro atoms. The number of carboxylic acid groups (broad SMARTS) is 1. The molecule has 0 heterocycles. The van der Waals surface area contributed by atoms with E-state index in [0.717, 1.165) is 37.7 Å². The average molecular weight is 465 g/mol. The van der Waals surface area contributed by atoms with Gasteiger partial charge in [-0.15, -0.1) is 0 Å². The summed E-state index contributed by atoms with van der Waals surface area (Å²) >= 11 is 0. The number of ether oxygens (including phenoxy) is 1. The van der Waals surface area contributed by atoms with E-state index in [-0.39, 0.29) is 11.3 Å². The molecule has 0 saturated heterocycles. The topological polar surface area (TPSA) is 83.8 Å². The monoisotopic (exact) mass is 464 g/mol. The maximum Gasteiger partial charge on any atom is 0.331 e. The largest absolute Gasteiger partial charge is 0.481 e. The van der Waals surface area contributed by atoms with E-state index in [9.17, 15) is 19.8 Å². The van der Waals surface area contributed by atoms with Crippen LogP contribution in [0.4, 0.5) is 0 Å². The van der Waals surface area contributed by atoms with E-state index in [1.165, 1.54) is 11.6 Å². The van der Waals surface area contributed by atoms with Gasteiger partial charge in [0.1, 0.15) is 11.5 Å². The molecular weight excluding hydrogens is 428 g/mol. The molecule has 182 valence electrons. The number of aliphatic hydroxyl groups is 1. The normalized spacial score (nSPS) is 43.3. The summed E-state index contributed by atoms with van der Waals surface area (Å²) in [4.78, 5) is 25.5. The summed E-state index contributed by atoms with van der Waals surface area (Å²) in [5.74, 6) is -1.26. The van der Waals surface area contributed by atoms with Gasteiger partial charge in [0.25, 0.3) is 0 Å². The van der Waals surface area contributed by atoms with E-state index in [0.29, 0.717) is 25.2 Å². The van der Waals surface area contributed by atoms with Gasteiger partial charge in [0.2, 0.25) is 0 Å². The lowest BCUT2D eigenvalue weighted by atomic mass is 9.38. The molecule has 4 aliphatic rings. The Balaban J connectivity index is 1.43. The molecule has 1 aromatic rings. The summed E-state index contributed by atoms with van der Waals surface area (Å²) in [6.45, 7) is 8.15. The van der Waals surface area contributed by atoms with Gasteiger partial charge in [0, 0.05) is 16.9 Å². The molecular formula is C29H36O5. The number of carbonyl (C=O) groups excluding carboxylic acids is 1. The lowest BCUT2D eigenvalue weighted by molar-refractivity contribution is -0.276. The van der Waals surface area contributed by atoms with Crippen LogP contribution in [-0.4, -0.2) is 33.9 Å². The zero-order valence-electron chi connectivity index (χ0n) is 20.3. The number of rotatable bonds is 4. The zero-order valence-corrected chi connectivity index (χ0v) is 20.3. The van der Waals surface area contributed by atoms with Gasteiger partial charge in [-0.3, -0.25) is 4.79 Å². The van der Waals surface area contributed by atoms with Crippen LogP contribution >= 0.6 is 0 Å². The third kappa shape index (κ3) is 3.08. The Morgan fingerprint density at radius 1 is 1.09 bits per heavy atom. The first-order valence-electron chi connectivity index (χ1n) is 12.6. The highest BCUT2D eigenvalue weighted by molar-refractivity contribution is 5.87. The number of carbonyl (C=O) groups is 2. The molecule has 5 nitrogen and oxygen atoms in total. The molecule has 7 unspecified atom stereocenters. The molecule has 0 aliphatic heterocycles. The van der Waals surface area contributed by atoms with Crippen molar-refractivity contribution in [3.05, 3.63) is 54.1 Å². The van der Waals surface area contributed by atoms with Crippen molar-refractivity contribution in [2.45, 2.75) is 76.9 Å². The van der Waals surface area contributed by atoms with Crippen molar-refractivity contribution in [3.63, 3.8) is 0 Å². The predicted molar refractivity (Wildman–Crippen MR) is 130 cm³/mol. The number of carboxylic acids is 1. The van der Waals surface area contributed by atoms with Gasteiger partial charge >= 0.3 is 11.9 Å². The van der Waals surface area contributed by atoms with Crippen molar-refractivity contribution in [3.8, 4) is 0 Å². The van der Waals surface area contributed by atoms with Gasteiger partial charge < -0.3 is 14.9 Å². The summed E-state index contributed by atoms with van der Waals surface area (Å²) in [6.07, 6.45) is 8.37. The first-order chi connectivity index (χ1) is 16.1. The van der Waals surface area contributed by atoms with Crippen molar-refractivity contribution >= 4 is 18.0 Å². The Kier molecular flexibility index (Phi) is 5.36. The molecule has 4 saturated carbocycles. The van der Waals surface area contributed by atoms with Gasteiger partial charge in [-0.2, -0.15) is 0 Å². The van der Waals surface area contributed by atoms with E-state index in [1.807, 2.05) is 30.3 Å². The van der Waals surface area contributed by atoms with Crippen LogP contribution in [0.5, 0.6) is 0 Å². The smallest absolute Gasteiger partial charge is 0.331 e. The van der Waals surface area contributed by atoms with Crippen molar-refractivity contribution < 1.29 is 24.5 Å². The van der Waals surface area contributed by atoms with Crippen LogP contribution in [0.25, 0.3) is 6.08 Å². The molecule has 5 rings (SSSR count). The molecule has 34 heavy (non-hydrogen) atoms. The summed E-state index contributed by atoms with van der Waals surface area (Å²) < 4.78 is 5.83. The molecule has 4 fully saturated rings. The number of fused-ring (bicyclic) bond motifs is 3. The molecule has 0 radical (unpaired) electrons. The maximum absolute atomic E-state index is 12.8. The predicted octanol–water partition coefficient (Wildman–Crippen LogP) is 5.39. The highest BCUT2D eigenvalue weighted by atomic mass is 16.5. The highest BCUT2D eigenvalue weighted by Crippen LogP contribution is 2.74. The Morgan fingerprint density at radius 2 is 1.82 bits per heavy atom. The van der Waals surface area contributed by atoms with Crippen molar-refractivity contribution in [2.75, 3.05) is 0 Å². The number of benzene rings is 1. The lowest BCUT2D eigenvalue weighted by Gasteiger charge is -2.68. The second-order valence-corrected chi connectivity index (χ2v) is 11.7. The van der Waals surface area contributed by atoms with E-state index in [4.69, 9.17) is 4.74 Å². The minimum absolute atomic E-state index is 0.195. The van der Waals surface area contributed by atoms with Crippen molar-refractivity contribution in [2.24, 2.45) is 28.1 Å². The fourth-order valence-electron chi connectivity index (χ4n) is 8.53. The quantitative estimate of drug-likeness (QED) is 0.355. The van der Waals surface area contributed by atoms with Gasteiger partial charge in [-0.1, -0.05) is 49.4 Å². The fourth-order valence-corrected chi connectivity index (χ4v) is 8.53. The molecule has 4 aliphatic carbocycles. The summed E-state index contributed by atoms with van der Waals surface area (Å²) in [5.41, 5.74) is -0.779. The maximum atomic E-state index is 12.8. The van der Waals surface area contributed by atoms with Crippen LogP contribution in [-0.2, 0) is 14.3 Å². The number of aliphatic carboxylic acids is 1. The van der Waals surface area contributed by atoms with Crippen LogP contribution in [0.1, 0.15) is 70.8 Å². The van der Waals surface area contributed by atoms with Crippen LogP contribution in [0.15, 0.2) is 48.6 Å². The molecule has 5 heteroatoms. The molecule has 2 N–H and O–H groups in total. The zero-order chi connectivity index (χ0) is 24.4. The van der Waals surface area contributed by atoms with Gasteiger partial charge in [0.15, 0.2) is 0 Å². The summed E-state index contributed by atoms with van der Waals surface area (Å²) in [6, 6.07) is 9.47. The van der Waals surface area contributed by atoms with E-state index < -0.39 is 34.5 Å². The average Bonchev–Trinajstić information content (AvgIpc) is 3.08. The first-order valence-corrected chi connectivity index (χ1v) is 12.6. The van der Waals surface area contributed by atoms with Gasteiger partial charge in [-0.05, 0) is 81.8 Å². The second kappa shape index (κ2) is 7.81. The van der Waals surface area contributed by atoms with Gasteiger partial charge in [0.05, 0.1) is 5.60 Å². The molecule has 1 aromatic carbocycles. The third-order valence-electron chi connectivity index (χ3n) is 10.4. The van der Waals surface area contributed by atoms with E-state index in [2.05, 4.69) is 13.5 Å². The standard InChI is InChI=1S/C29H36O5/c1-19-17-28-15-12-22-26(2,29(28,33)16-11-21(19)18-28)14-13-23(27(22,3)25(31)32)34-24(30)10-9-20-7-5-4-6-8-20/h4-10,21-23,33H,1,11-18H2,2-3H3,(H,31,32)/b10-9+. The first kappa shape index (κ1) is 23.3. The lowest BCUT2D eigenvalue weighted by Crippen LogP contribution is -2.71. The third-order valence-corrected chi connectivity index (χ3v) is 10.4. The van der Waals surface area contributed by atoms with E-state index in [1.54, 1.807) is 13.0 Å². The van der Waals surface area contributed by atoms with Crippen LogP contribution in [0, 0.1) is 28.1 Å². The van der Waals surface area contributed by atoms with Crippen molar-refractivity contribution in [1.82, 2.24) is 0 Å². The van der Waals surface area contributed by atoms with Crippen molar-refractivity contribution in [1.29, 1.82) is 0 Å². The Morgan fingerprint density at radius 3 is 2.53 bits per heavy atom. The summed E-state index contributed by atoms with van der Waals surface area (Å²) in [5, 5.41) is 22.9. The fraction of sp³-hybridized carbons (Fsp3) is 0.586.